The van der Waals surface area contributed by atoms with Crippen LogP contribution in [0.15, 0.2) is 0 Å². The van der Waals surface area contributed by atoms with E-state index in [9.17, 15) is 14.4 Å². The normalized spacial score (nSPS) is 22.7. The highest BCUT2D eigenvalue weighted by atomic mass is 16.4. The van der Waals surface area contributed by atoms with Crippen LogP contribution in [0.4, 0.5) is 4.79 Å². The summed E-state index contributed by atoms with van der Waals surface area (Å²) in [7, 11) is 0. The lowest BCUT2D eigenvalue weighted by Crippen LogP contribution is -2.56. The fourth-order valence-corrected chi connectivity index (χ4v) is 2.47. The molecule has 1 heterocycles. The van der Waals surface area contributed by atoms with E-state index in [0.717, 1.165) is 6.42 Å². The van der Waals surface area contributed by atoms with Crippen LogP contribution in [0.2, 0.25) is 0 Å². The Labute approximate surface area is 124 Å². The topological polar surface area (TPSA) is 113 Å². The molecule has 0 spiro atoms. The van der Waals surface area contributed by atoms with E-state index in [1.807, 2.05) is 6.92 Å². The minimum Gasteiger partial charge on any atom is -0.481 e. The van der Waals surface area contributed by atoms with E-state index in [1.165, 1.54) is 0 Å². The van der Waals surface area contributed by atoms with E-state index in [2.05, 4.69) is 5.32 Å². The minimum absolute atomic E-state index is 0.00720. The quantitative estimate of drug-likeness (QED) is 0.700. The van der Waals surface area contributed by atoms with E-state index < -0.39 is 11.5 Å². The van der Waals surface area contributed by atoms with Crippen molar-refractivity contribution in [2.24, 2.45) is 11.7 Å². The monoisotopic (exact) mass is 299 g/mol. The molecule has 7 heteroatoms. The number of aliphatic carboxylic acids is 1. The summed E-state index contributed by atoms with van der Waals surface area (Å²) in [5.74, 6) is -1.59. The Morgan fingerprint density at radius 3 is 2.48 bits per heavy atom. The van der Waals surface area contributed by atoms with Crippen LogP contribution in [0.25, 0.3) is 0 Å². The molecule has 0 bridgehead atoms. The number of hydrogen-bond donors (Lipinski definition) is 3. The van der Waals surface area contributed by atoms with Gasteiger partial charge in [-0.1, -0.05) is 0 Å². The number of carboxylic acid groups (broad SMARTS) is 1. The van der Waals surface area contributed by atoms with Crippen molar-refractivity contribution in [2.75, 3.05) is 6.54 Å². The molecule has 0 radical (unpaired) electrons. The number of carbonyl (C=O) groups is 3. The number of nitrogens with two attached hydrogens (primary N) is 1. The predicted octanol–water partition coefficient (Wildman–Crippen LogP) is 0.925. The molecule has 2 atom stereocenters. The molecule has 21 heavy (non-hydrogen) atoms. The van der Waals surface area contributed by atoms with Crippen LogP contribution in [0.1, 0.15) is 46.5 Å². The maximum atomic E-state index is 12.4. The predicted molar refractivity (Wildman–Crippen MR) is 77.6 cm³/mol. The largest absolute Gasteiger partial charge is 0.481 e. The lowest BCUT2D eigenvalue weighted by molar-refractivity contribution is -0.137. The molecule has 1 aliphatic rings. The van der Waals surface area contributed by atoms with Gasteiger partial charge in [-0.05, 0) is 40.0 Å². The fraction of sp³-hybridized carbons (Fsp3) is 0.786. The third-order valence-electron chi connectivity index (χ3n) is 3.95. The van der Waals surface area contributed by atoms with Crippen molar-refractivity contribution < 1.29 is 19.5 Å². The first kappa shape index (κ1) is 17.3. The lowest BCUT2D eigenvalue weighted by Gasteiger charge is -2.39. The second-order valence-corrected chi connectivity index (χ2v) is 6.39. The average molecular weight is 299 g/mol. The van der Waals surface area contributed by atoms with Gasteiger partial charge in [0, 0.05) is 24.5 Å². The van der Waals surface area contributed by atoms with Crippen molar-refractivity contribution in [1.29, 1.82) is 0 Å². The van der Waals surface area contributed by atoms with E-state index in [1.54, 1.807) is 18.7 Å². The van der Waals surface area contributed by atoms with Gasteiger partial charge in [-0.3, -0.25) is 9.59 Å². The molecule has 0 aromatic rings. The van der Waals surface area contributed by atoms with Gasteiger partial charge in [-0.25, -0.2) is 4.79 Å². The molecule has 0 aromatic carbocycles. The Hall–Kier alpha value is -1.79. The maximum absolute atomic E-state index is 12.4. The third-order valence-corrected chi connectivity index (χ3v) is 3.95. The molecule has 1 saturated heterocycles. The van der Waals surface area contributed by atoms with Gasteiger partial charge in [0.25, 0.3) is 0 Å². The van der Waals surface area contributed by atoms with E-state index in [0.29, 0.717) is 19.4 Å². The van der Waals surface area contributed by atoms with Crippen molar-refractivity contribution in [2.45, 2.75) is 58.0 Å². The smallest absolute Gasteiger partial charge is 0.318 e. The van der Waals surface area contributed by atoms with Gasteiger partial charge >= 0.3 is 12.0 Å². The van der Waals surface area contributed by atoms with Crippen LogP contribution in [0.5, 0.6) is 0 Å². The number of hydrogen-bond acceptors (Lipinski definition) is 3. The first-order valence-corrected chi connectivity index (χ1v) is 7.22. The van der Waals surface area contributed by atoms with E-state index in [-0.39, 0.29) is 30.3 Å². The number of likely N-dealkylation sites (tertiary alicyclic amines) is 1. The minimum atomic E-state index is -0.891. The van der Waals surface area contributed by atoms with Gasteiger partial charge in [0.1, 0.15) is 0 Å². The lowest BCUT2D eigenvalue weighted by atomic mass is 9.93. The summed E-state index contributed by atoms with van der Waals surface area (Å²) in [6.45, 7) is 5.82. The molecule has 1 aliphatic heterocycles. The van der Waals surface area contributed by atoms with E-state index >= 15 is 0 Å². The second-order valence-electron chi connectivity index (χ2n) is 6.39. The standard InChI is InChI=1S/C14H25N3O4/c1-9-4-5-10(12(15)20)8-17(9)13(21)16-14(2,3)7-6-11(18)19/h9-10H,4-8H2,1-3H3,(H2,15,20)(H,16,21)(H,18,19). The van der Waals surface area contributed by atoms with Gasteiger partial charge in [0.2, 0.25) is 5.91 Å². The number of nitrogens with zero attached hydrogens (tertiary/aromatic N) is 1. The Kier molecular flexibility index (Phi) is 5.57. The van der Waals surface area contributed by atoms with Crippen LogP contribution in [0.3, 0.4) is 0 Å². The fourth-order valence-electron chi connectivity index (χ4n) is 2.47. The van der Waals surface area contributed by atoms with Crippen molar-refractivity contribution in [3.63, 3.8) is 0 Å². The number of carbonyl (C=O) groups excluding carboxylic acids is 2. The van der Waals surface area contributed by atoms with Crippen molar-refractivity contribution in [1.82, 2.24) is 10.2 Å². The molecule has 1 fully saturated rings. The first-order valence-electron chi connectivity index (χ1n) is 7.22. The molecule has 3 amide bonds. The Morgan fingerprint density at radius 1 is 1.33 bits per heavy atom. The Balaban J connectivity index is 2.63. The number of carboxylic acids is 1. The van der Waals surface area contributed by atoms with Gasteiger partial charge < -0.3 is 21.1 Å². The molecule has 2 unspecified atom stereocenters. The summed E-state index contributed by atoms with van der Waals surface area (Å²) in [6, 6.07) is -0.236. The van der Waals surface area contributed by atoms with Gasteiger partial charge in [0.05, 0.1) is 5.92 Å². The number of primary amides is 1. The Morgan fingerprint density at radius 2 is 1.95 bits per heavy atom. The molecule has 0 aromatic heterocycles. The number of amides is 3. The van der Waals surface area contributed by atoms with Crippen molar-refractivity contribution in [3.8, 4) is 0 Å². The molecular formula is C14H25N3O4. The van der Waals surface area contributed by atoms with E-state index in [4.69, 9.17) is 10.8 Å². The SMILES string of the molecule is CC1CCC(C(N)=O)CN1C(=O)NC(C)(C)CCC(=O)O. The maximum Gasteiger partial charge on any atom is 0.318 e. The number of urea groups is 1. The zero-order valence-corrected chi connectivity index (χ0v) is 12.9. The molecule has 0 saturated carbocycles. The van der Waals surface area contributed by atoms with Crippen LogP contribution < -0.4 is 11.1 Å². The van der Waals surface area contributed by atoms with Gasteiger partial charge in [0.15, 0.2) is 0 Å². The van der Waals surface area contributed by atoms with Crippen LogP contribution in [-0.2, 0) is 9.59 Å². The molecule has 4 N–H and O–H groups in total. The van der Waals surface area contributed by atoms with Crippen LogP contribution in [0, 0.1) is 5.92 Å². The third kappa shape index (κ3) is 5.24. The summed E-state index contributed by atoms with van der Waals surface area (Å²) in [5.41, 5.74) is 4.70. The molecule has 120 valence electrons. The summed E-state index contributed by atoms with van der Waals surface area (Å²) in [6.07, 6.45) is 1.77. The highest BCUT2D eigenvalue weighted by molar-refractivity contribution is 5.80. The highest BCUT2D eigenvalue weighted by Crippen LogP contribution is 2.22. The number of nitrogens with one attached hydrogen (secondary N) is 1. The summed E-state index contributed by atoms with van der Waals surface area (Å²) in [5, 5.41) is 11.6. The first-order chi connectivity index (χ1) is 9.62. The molecule has 1 rings (SSSR count). The highest BCUT2D eigenvalue weighted by Gasteiger charge is 2.33. The number of rotatable bonds is 5. The summed E-state index contributed by atoms with van der Waals surface area (Å²) < 4.78 is 0. The van der Waals surface area contributed by atoms with Crippen molar-refractivity contribution >= 4 is 17.9 Å². The van der Waals surface area contributed by atoms with Gasteiger partial charge in [-0.2, -0.15) is 0 Å². The van der Waals surface area contributed by atoms with Gasteiger partial charge in [-0.15, -0.1) is 0 Å². The van der Waals surface area contributed by atoms with Crippen molar-refractivity contribution in [3.05, 3.63) is 0 Å². The summed E-state index contributed by atoms with van der Waals surface area (Å²) >= 11 is 0. The second kappa shape index (κ2) is 6.78. The zero-order valence-electron chi connectivity index (χ0n) is 12.9. The number of piperidine rings is 1. The van der Waals surface area contributed by atoms with Crippen LogP contribution >= 0.6 is 0 Å². The zero-order chi connectivity index (χ0) is 16.2. The molecule has 7 nitrogen and oxygen atoms in total. The summed E-state index contributed by atoms with van der Waals surface area (Å²) in [4.78, 5) is 35.9. The average Bonchev–Trinajstić information content (AvgIpc) is 2.36. The molecule has 0 aliphatic carbocycles. The van der Waals surface area contributed by atoms with Crippen LogP contribution in [-0.4, -0.2) is 46.0 Å². The molecular weight excluding hydrogens is 274 g/mol. The Bertz CT molecular complexity index is 422.